The van der Waals surface area contributed by atoms with Gasteiger partial charge < -0.3 is 14.6 Å². The lowest BCUT2D eigenvalue weighted by atomic mass is 9.97. The summed E-state index contributed by atoms with van der Waals surface area (Å²) in [7, 11) is 0. The predicted octanol–water partition coefficient (Wildman–Crippen LogP) is 7.90. The number of carbonyl (C=O) groups excluding carboxylic acids is 1. The van der Waals surface area contributed by atoms with E-state index in [0.29, 0.717) is 11.4 Å². The van der Waals surface area contributed by atoms with Crippen LogP contribution in [-0.4, -0.2) is 40.0 Å². The molecule has 0 aliphatic carbocycles. The van der Waals surface area contributed by atoms with Gasteiger partial charge >= 0.3 is 6.18 Å². The summed E-state index contributed by atoms with van der Waals surface area (Å²) >= 11 is 7.14. The molecule has 0 unspecified atom stereocenters. The third kappa shape index (κ3) is 7.17. The molecular formula is C30H28F3N3O2S2. The number of thiocarbonyl (C=S) groups is 1. The minimum atomic E-state index is -4.26. The number of para-hydroxylation sites is 1. The van der Waals surface area contributed by atoms with Gasteiger partial charge in [0.1, 0.15) is 11.5 Å². The number of aryl methyl sites for hydroxylation is 1. The van der Waals surface area contributed by atoms with Gasteiger partial charge in [0.2, 0.25) is 0 Å². The van der Waals surface area contributed by atoms with Crippen LogP contribution in [0.2, 0.25) is 0 Å². The summed E-state index contributed by atoms with van der Waals surface area (Å²) < 4.78 is 43.5. The van der Waals surface area contributed by atoms with Crippen molar-refractivity contribution in [3.05, 3.63) is 94.3 Å². The molecule has 5 nitrogen and oxygen atoms in total. The van der Waals surface area contributed by atoms with E-state index in [2.05, 4.69) is 15.2 Å². The first-order valence-electron chi connectivity index (χ1n) is 13.1. The molecule has 2 aromatic heterocycles. The molecule has 208 valence electrons. The number of carbonyl (C=O) groups is 1. The minimum absolute atomic E-state index is 0.189. The van der Waals surface area contributed by atoms with E-state index < -0.39 is 12.6 Å². The largest absolute Gasteiger partial charge is 0.469 e. The fourth-order valence-electron chi connectivity index (χ4n) is 4.86. The summed E-state index contributed by atoms with van der Waals surface area (Å²) in [5.41, 5.74) is 2.55. The average molecular weight is 584 g/mol. The quantitative estimate of drug-likeness (QED) is 0.214. The Bertz CT molecular complexity index is 1440. The summed E-state index contributed by atoms with van der Waals surface area (Å²) in [6.45, 7) is 1.72. The number of hydrogen-bond acceptors (Lipinski definition) is 5. The van der Waals surface area contributed by atoms with E-state index in [1.54, 1.807) is 35.9 Å². The van der Waals surface area contributed by atoms with Crippen molar-refractivity contribution in [2.24, 2.45) is 0 Å². The number of alkyl halides is 3. The fraction of sp³-hybridized carbons (Fsp3) is 0.300. The molecule has 1 aliphatic rings. The lowest BCUT2D eigenvalue weighted by molar-refractivity contribution is -0.127. The maximum atomic E-state index is 13.1. The second-order valence-corrected chi connectivity index (χ2v) is 11.2. The number of piperidine rings is 1. The van der Waals surface area contributed by atoms with Gasteiger partial charge in [-0.1, -0.05) is 54.7 Å². The van der Waals surface area contributed by atoms with Crippen molar-refractivity contribution in [3.8, 4) is 11.1 Å². The first kappa shape index (κ1) is 28.0. The van der Waals surface area contributed by atoms with E-state index in [9.17, 15) is 18.0 Å². The van der Waals surface area contributed by atoms with Crippen LogP contribution >= 0.6 is 23.6 Å². The van der Waals surface area contributed by atoms with E-state index >= 15 is 0 Å². The van der Waals surface area contributed by atoms with E-state index in [4.69, 9.17) is 16.6 Å². The summed E-state index contributed by atoms with van der Waals surface area (Å²) in [5, 5.41) is 5.66. The number of rotatable bonds is 8. The predicted molar refractivity (Wildman–Crippen MR) is 155 cm³/mol. The number of hydrogen-bond donors (Lipinski definition) is 1. The number of thiazole rings is 1. The Morgan fingerprint density at radius 1 is 1.07 bits per heavy atom. The molecule has 1 amide bonds. The maximum Gasteiger partial charge on any atom is 0.393 e. The maximum absolute atomic E-state index is 13.1. The topological polar surface area (TPSA) is 58.4 Å². The number of nitrogens with zero attached hydrogens (tertiary/aromatic N) is 2. The number of furan rings is 1. The standard InChI is InChI=1S/C30H28F3N3O2S2/c31-30(32,33)18-20-7-9-21(10-8-20)24-5-1-2-6-25(24)34-28(37)26-19-40-29(35-26)22-13-15-36(16-14-22)27(39)12-11-23-4-3-17-38-23/h1-10,17,19,22H,11-16,18H2,(H,34,37). The molecule has 0 spiro atoms. The third-order valence-corrected chi connectivity index (χ3v) is 8.43. The van der Waals surface area contributed by atoms with Crippen LogP contribution in [0.3, 0.4) is 0 Å². The molecule has 3 heterocycles. The Hall–Kier alpha value is -3.50. The lowest BCUT2D eigenvalue weighted by Gasteiger charge is -2.33. The summed E-state index contributed by atoms with van der Waals surface area (Å²) in [5.74, 6) is 0.894. The van der Waals surface area contributed by atoms with Crippen LogP contribution in [0, 0.1) is 0 Å². The van der Waals surface area contributed by atoms with Gasteiger partial charge in [-0.25, -0.2) is 4.98 Å². The zero-order valence-corrected chi connectivity index (χ0v) is 23.2. The SMILES string of the molecule is O=C(Nc1ccccc1-c1ccc(CC(F)(F)F)cc1)c1csc(C2CCN(C(=S)CCc3ccco3)CC2)n1. The molecule has 0 radical (unpaired) electrons. The Morgan fingerprint density at radius 2 is 1.82 bits per heavy atom. The van der Waals surface area contributed by atoms with Crippen LogP contribution in [0.15, 0.2) is 76.7 Å². The normalized spacial score (nSPS) is 14.3. The highest BCUT2D eigenvalue weighted by Crippen LogP contribution is 2.32. The Morgan fingerprint density at radius 3 is 2.52 bits per heavy atom. The van der Waals surface area contributed by atoms with Crippen LogP contribution < -0.4 is 5.32 Å². The number of nitrogens with one attached hydrogen (secondary N) is 1. The molecule has 10 heteroatoms. The van der Waals surface area contributed by atoms with E-state index in [0.717, 1.165) is 65.7 Å². The van der Waals surface area contributed by atoms with E-state index in [-0.39, 0.29) is 17.4 Å². The molecule has 1 N–H and O–H groups in total. The minimum Gasteiger partial charge on any atom is -0.469 e. The number of aromatic nitrogens is 1. The number of anilines is 1. The molecule has 4 aromatic rings. The molecule has 2 aromatic carbocycles. The molecule has 0 atom stereocenters. The molecule has 0 saturated carbocycles. The summed E-state index contributed by atoms with van der Waals surface area (Å²) in [4.78, 5) is 20.9. The highest BCUT2D eigenvalue weighted by molar-refractivity contribution is 7.80. The molecule has 0 bridgehead atoms. The first-order valence-corrected chi connectivity index (χ1v) is 14.4. The van der Waals surface area contributed by atoms with Gasteiger partial charge in [0.25, 0.3) is 5.91 Å². The van der Waals surface area contributed by atoms with Crippen LogP contribution in [0.4, 0.5) is 18.9 Å². The molecule has 5 rings (SSSR count). The fourth-order valence-corrected chi connectivity index (χ4v) is 6.12. The second kappa shape index (κ2) is 12.3. The van der Waals surface area contributed by atoms with Crippen molar-refractivity contribution < 1.29 is 22.4 Å². The smallest absolute Gasteiger partial charge is 0.393 e. The number of likely N-dealkylation sites (tertiary alicyclic amines) is 1. The van der Waals surface area contributed by atoms with Crippen LogP contribution in [0.5, 0.6) is 0 Å². The Kier molecular flexibility index (Phi) is 8.66. The van der Waals surface area contributed by atoms with Crippen LogP contribution in [0.1, 0.15) is 52.0 Å². The number of amides is 1. The van der Waals surface area contributed by atoms with Gasteiger partial charge in [0, 0.05) is 48.5 Å². The van der Waals surface area contributed by atoms with Crippen LogP contribution in [-0.2, 0) is 12.8 Å². The van der Waals surface area contributed by atoms with Gasteiger partial charge in [-0.15, -0.1) is 11.3 Å². The van der Waals surface area contributed by atoms with Crippen molar-refractivity contribution in [2.45, 2.75) is 44.2 Å². The van der Waals surface area contributed by atoms with Gasteiger partial charge in [-0.3, -0.25) is 4.79 Å². The molecule has 1 aliphatic heterocycles. The molecule has 1 saturated heterocycles. The Labute approximate surface area is 240 Å². The third-order valence-electron chi connectivity index (χ3n) is 6.96. The zero-order chi connectivity index (χ0) is 28.1. The van der Waals surface area contributed by atoms with Crippen molar-refractivity contribution in [2.75, 3.05) is 18.4 Å². The van der Waals surface area contributed by atoms with Crippen molar-refractivity contribution in [3.63, 3.8) is 0 Å². The Balaban J connectivity index is 1.18. The van der Waals surface area contributed by atoms with Gasteiger partial charge in [-0.2, -0.15) is 13.2 Å². The first-order chi connectivity index (χ1) is 19.2. The molecule has 40 heavy (non-hydrogen) atoms. The highest BCUT2D eigenvalue weighted by Gasteiger charge is 2.28. The van der Waals surface area contributed by atoms with Crippen molar-refractivity contribution >= 4 is 40.1 Å². The van der Waals surface area contributed by atoms with Gasteiger partial charge in [0.05, 0.1) is 22.7 Å². The monoisotopic (exact) mass is 583 g/mol. The second-order valence-electron chi connectivity index (χ2n) is 9.79. The van der Waals surface area contributed by atoms with Crippen molar-refractivity contribution in [1.82, 2.24) is 9.88 Å². The van der Waals surface area contributed by atoms with Crippen molar-refractivity contribution in [1.29, 1.82) is 0 Å². The van der Waals surface area contributed by atoms with Gasteiger partial charge in [0.15, 0.2) is 0 Å². The van der Waals surface area contributed by atoms with E-state index in [1.807, 2.05) is 24.3 Å². The average Bonchev–Trinajstić information content (AvgIpc) is 3.65. The molecule has 1 fully saturated rings. The highest BCUT2D eigenvalue weighted by atomic mass is 32.1. The lowest BCUT2D eigenvalue weighted by Crippen LogP contribution is -2.37. The summed E-state index contributed by atoms with van der Waals surface area (Å²) in [6, 6.07) is 17.3. The summed E-state index contributed by atoms with van der Waals surface area (Å²) in [6.07, 6.45) is -0.142. The zero-order valence-electron chi connectivity index (χ0n) is 21.6. The van der Waals surface area contributed by atoms with E-state index in [1.165, 1.54) is 23.5 Å². The number of benzene rings is 2. The van der Waals surface area contributed by atoms with Gasteiger partial charge in [-0.05, 0) is 42.2 Å². The number of halogens is 3. The molecular weight excluding hydrogens is 555 g/mol. The van der Waals surface area contributed by atoms with Crippen LogP contribution in [0.25, 0.3) is 11.1 Å².